The van der Waals surface area contributed by atoms with Crippen LogP contribution in [0.4, 0.5) is 4.39 Å². The lowest BCUT2D eigenvalue weighted by molar-refractivity contribution is 0.0730. The van der Waals surface area contributed by atoms with Gasteiger partial charge in [-0.05, 0) is 36.2 Å². The van der Waals surface area contributed by atoms with Crippen molar-refractivity contribution in [3.8, 4) is 5.75 Å². The Kier molecular flexibility index (Phi) is 3.92. The van der Waals surface area contributed by atoms with Gasteiger partial charge in [0.1, 0.15) is 11.6 Å². The van der Waals surface area contributed by atoms with E-state index < -0.39 is 11.8 Å². The number of para-hydroxylation sites is 1. The van der Waals surface area contributed by atoms with Gasteiger partial charge in [0.05, 0.1) is 12.2 Å². The van der Waals surface area contributed by atoms with Crippen LogP contribution in [0.1, 0.15) is 21.5 Å². The third-order valence-electron chi connectivity index (χ3n) is 2.81. The van der Waals surface area contributed by atoms with Crippen LogP contribution in [0.15, 0.2) is 42.5 Å². The summed E-state index contributed by atoms with van der Waals surface area (Å²) in [5.74, 6) is -0.801. The Morgan fingerprint density at radius 2 is 1.89 bits per heavy atom. The third kappa shape index (κ3) is 2.80. The molecule has 0 amide bonds. The first-order valence-electron chi connectivity index (χ1n) is 5.79. The van der Waals surface area contributed by atoms with Crippen LogP contribution in [0, 0.1) is 12.7 Å². The SMILES string of the molecule is Cc1c(F)ccc(CO)c1C(=O)Oc1ccccc1. The minimum atomic E-state index is -0.674. The number of benzene rings is 2. The summed E-state index contributed by atoms with van der Waals surface area (Å²) in [4.78, 5) is 12.1. The van der Waals surface area contributed by atoms with Crippen LogP contribution >= 0.6 is 0 Å². The van der Waals surface area contributed by atoms with Gasteiger partial charge in [0, 0.05) is 0 Å². The third-order valence-corrected chi connectivity index (χ3v) is 2.81. The fourth-order valence-corrected chi connectivity index (χ4v) is 1.80. The lowest BCUT2D eigenvalue weighted by atomic mass is 10.0. The molecule has 0 radical (unpaired) electrons. The number of hydrogen-bond acceptors (Lipinski definition) is 3. The van der Waals surface area contributed by atoms with E-state index in [1.807, 2.05) is 0 Å². The Labute approximate surface area is 110 Å². The highest BCUT2D eigenvalue weighted by Gasteiger charge is 2.18. The molecule has 0 aliphatic heterocycles. The van der Waals surface area contributed by atoms with Crippen LogP contribution in [0.2, 0.25) is 0 Å². The first kappa shape index (κ1) is 13.2. The van der Waals surface area contributed by atoms with E-state index in [0.29, 0.717) is 11.3 Å². The Hall–Kier alpha value is -2.20. The van der Waals surface area contributed by atoms with Gasteiger partial charge in [-0.3, -0.25) is 0 Å². The minimum Gasteiger partial charge on any atom is -0.423 e. The minimum absolute atomic E-state index is 0.0753. The van der Waals surface area contributed by atoms with E-state index in [4.69, 9.17) is 4.74 Å². The second kappa shape index (κ2) is 5.63. The fourth-order valence-electron chi connectivity index (χ4n) is 1.80. The van der Waals surface area contributed by atoms with Gasteiger partial charge in [-0.2, -0.15) is 0 Å². The van der Waals surface area contributed by atoms with E-state index in [1.165, 1.54) is 19.1 Å². The van der Waals surface area contributed by atoms with Crippen molar-refractivity contribution in [2.75, 3.05) is 0 Å². The molecule has 0 aromatic heterocycles. The summed E-state index contributed by atoms with van der Waals surface area (Å²) >= 11 is 0. The van der Waals surface area contributed by atoms with E-state index in [2.05, 4.69) is 0 Å². The van der Waals surface area contributed by atoms with E-state index >= 15 is 0 Å². The summed E-state index contributed by atoms with van der Waals surface area (Å²) in [6.45, 7) is 1.14. The molecule has 0 saturated heterocycles. The smallest absolute Gasteiger partial charge is 0.344 e. The number of carbonyl (C=O) groups excluding carboxylic acids is 1. The van der Waals surface area contributed by atoms with E-state index in [0.717, 1.165) is 0 Å². The molecule has 3 nitrogen and oxygen atoms in total. The van der Waals surface area contributed by atoms with Crippen molar-refractivity contribution in [1.82, 2.24) is 0 Å². The monoisotopic (exact) mass is 260 g/mol. The molecule has 2 aromatic rings. The molecule has 0 unspecified atom stereocenters. The summed E-state index contributed by atoms with van der Waals surface area (Å²) in [6, 6.07) is 11.1. The maximum atomic E-state index is 13.5. The molecule has 1 N–H and O–H groups in total. The number of ether oxygens (including phenoxy) is 1. The van der Waals surface area contributed by atoms with Crippen LogP contribution in [-0.2, 0) is 6.61 Å². The molecular formula is C15H13FO3. The molecule has 19 heavy (non-hydrogen) atoms. The Balaban J connectivity index is 2.36. The number of aliphatic hydroxyl groups is 1. The van der Waals surface area contributed by atoms with Crippen LogP contribution in [0.3, 0.4) is 0 Å². The largest absolute Gasteiger partial charge is 0.423 e. The van der Waals surface area contributed by atoms with Crippen molar-refractivity contribution in [3.05, 3.63) is 65.0 Å². The molecular weight excluding hydrogens is 247 g/mol. The van der Waals surface area contributed by atoms with Crippen molar-refractivity contribution in [1.29, 1.82) is 0 Å². The van der Waals surface area contributed by atoms with Gasteiger partial charge in [-0.1, -0.05) is 24.3 Å². The number of esters is 1. The molecule has 0 aliphatic rings. The van der Waals surface area contributed by atoms with Crippen LogP contribution in [0.25, 0.3) is 0 Å². The standard InChI is InChI=1S/C15H13FO3/c1-10-13(16)8-7-11(9-17)14(10)15(18)19-12-5-3-2-4-6-12/h2-8,17H,9H2,1H3. The second-order valence-electron chi connectivity index (χ2n) is 4.07. The Bertz CT molecular complexity index is 594. The Morgan fingerprint density at radius 3 is 2.53 bits per heavy atom. The molecule has 0 aliphatic carbocycles. The molecule has 0 atom stereocenters. The Morgan fingerprint density at radius 1 is 1.21 bits per heavy atom. The van der Waals surface area contributed by atoms with Crippen molar-refractivity contribution < 1.29 is 19.0 Å². The lowest BCUT2D eigenvalue weighted by Crippen LogP contribution is -2.14. The average Bonchev–Trinajstić information content (AvgIpc) is 2.42. The first-order chi connectivity index (χ1) is 9.13. The van der Waals surface area contributed by atoms with E-state index in [-0.39, 0.29) is 17.7 Å². The van der Waals surface area contributed by atoms with Crippen LogP contribution in [0.5, 0.6) is 5.75 Å². The van der Waals surface area contributed by atoms with Gasteiger partial charge in [0.25, 0.3) is 0 Å². The molecule has 4 heteroatoms. The van der Waals surface area contributed by atoms with Crippen molar-refractivity contribution >= 4 is 5.97 Å². The summed E-state index contributed by atoms with van der Waals surface area (Å²) < 4.78 is 18.7. The van der Waals surface area contributed by atoms with Gasteiger partial charge in [-0.25, -0.2) is 9.18 Å². The highest BCUT2D eigenvalue weighted by Crippen LogP contribution is 2.20. The van der Waals surface area contributed by atoms with Gasteiger partial charge in [0.15, 0.2) is 0 Å². The van der Waals surface area contributed by atoms with Gasteiger partial charge in [-0.15, -0.1) is 0 Å². The molecule has 98 valence electrons. The normalized spacial score (nSPS) is 10.3. The number of hydrogen-bond donors (Lipinski definition) is 1. The molecule has 0 heterocycles. The number of rotatable bonds is 3. The zero-order valence-corrected chi connectivity index (χ0v) is 10.4. The maximum absolute atomic E-state index is 13.5. The second-order valence-corrected chi connectivity index (χ2v) is 4.07. The van der Waals surface area contributed by atoms with Crippen molar-refractivity contribution in [3.63, 3.8) is 0 Å². The van der Waals surface area contributed by atoms with Gasteiger partial charge in [0.2, 0.25) is 0 Å². The van der Waals surface area contributed by atoms with Gasteiger partial charge < -0.3 is 9.84 Å². The lowest BCUT2D eigenvalue weighted by Gasteiger charge is -2.11. The fraction of sp³-hybridized carbons (Fsp3) is 0.133. The quantitative estimate of drug-likeness (QED) is 0.682. The van der Waals surface area contributed by atoms with Crippen LogP contribution < -0.4 is 4.74 Å². The van der Waals surface area contributed by atoms with Gasteiger partial charge >= 0.3 is 5.97 Å². The summed E-state index contributed by atoms with van der Waals surface area (Å²) in [6.07, 6.45) is 0. The number of carbonyl (C=O) groups is 1. The first-order valence-corrected chi connectivity index (χ1v) is 5.79. The highest BCUT2D eigenvalue weighted by molar-refractivity contribution is 5.94. The summed E-state index contributed by atoms with van der Waals surface area (Å²) in [5.41, 5.74) is 0.596. The topological polar surface area (TPSA) is 46.5 Å². The van der Waals surface area contributed by atoms with E-state index in [9.17, 15) is 14.3 Å². The predicted molar refractivity (Wildman–Crippen MR) is 68.5 cm³/mol. The highest BCUT2D eigenvalue weighted by atomic mass is 19.1. The molecule has 2 rings (SSSR count). The van der Waals surface area contributed by atoms with Crippen LogP contribution in [-0.4, -0.2) is 11.1 Å². The average molecular weight is 260 g/mol. The van der Waals surface area contributed by atoms with E-state index in [1.54, 1.807) is 30.3 Å². The zero-order chi connectivity index (χ0) is 13.8. The molecule has 0 bridgehead atoms. The number of aliphatic hydroxyl groups excluding tert-OH is 1. The summed E-state index contributed by atoms with van der Waals surface area (Å²) in [5, 5.41) is 9.22. The van der Waals surface area contributed by atoms with Crippen molar-refractivity contribution in [2.45, 2.75) is 13.5 Å². The molecule has 0 spiro atoms. The number of halogens is 1. The molecule has 0 fully saturated rings. The summed E-state index contributed by atoms with van der Waals surface area (Å²) in [7, 11) is 0. The molecule has 2 aromatic carbocycles. The zero-order valence-electron chi connectivity index (χ0n) is 10.4. The van der Waals surface area contributed by atoms with Crippen molar-refractivity contribution in [2.24, 2.45) is 0 Å². The molecule has 0 saturated carbocycles. The maximum Gasteiger partial charge on any atom is 0.344 e. The predicted octanol–water partition coefficient (Wildman–Crippen LogP) is 2.85.